The Bertz CT molecular complexity index is 875. The Hall–Kier alpha value is -2.26. The molecule has 0 radical (unpaired) electrons. The molecule has 1 amide bonds. The predicted molar refractivity (Wildman–Crippen MR) is 112 cm³/mol. The van der Waals surface area contributed by atoms with Crippen molar-refractivity contribution in [3.63, 3.8) is 0 Å². The second-order valence-electron chi connectivity index (χ2n) is 6.61. The maximum atomic E-state index is 13.0. The van der Waals surface area contributed by atoms with Gasteiger partial charge in [-0.25, -0.2) is 9.59 Å². The summed E-state index contributed by atoms with van der Waals surface area (Å²) in [6, 6.07) is 3.67. The zero-order chi connectivity index (χ0) is 21.1. The number of nitrogens with zero attached hydrogens (tertiary/aromatic N) is 1. The zero-order valence-electron chi connectivity index (χ0n) is 16.6. The minimum absolute atomic E-state index is 0.0230. The van der Waals surface area contributed by atoms with E-state index in [4.69, 9.17) is 15.2 Å². The molecule has 1 aromatic heterocycles. The highest BCUT2D eigenvalue weighted by Gasteiger charge is 2.49. The molecule has 0 saturated carbocycles. The number of fused-ring (bicyclic) bond motifs is 1. The molecule has 2 aliphatic heterocycles. The van der Waals surface area contributed by atoms with Crippen molar-refractivity contribution in [3.8, 4) is 0 Å². The largest absolute Gasteiger partial charge is 0.463 e. The van der Waals surface area contributed by atoms with Crippen LogP contribution in [0.2, 0.25) is 0 Å². The number of rotatable bonds is 7. The maximum absolute atomic E-state index is 13.0. The Morgan fingerprint density at radius 1 is 1.21 bits per heavy atom. The highest BCUT2D eigenvalue weighted by atomic mass is 32.2. The molecule has 9 heteroatoms. The lowest BCUT2D eigenvalue weighted by molar-refractivity contribution is -0.140. The Morgan fingerprint density at radius 3 is 2.55 bits per heavy atom. The number of thioether (sulfide) groups is 1. The van der Waals surface area contributed by atoms with Gasteiger partial charge in [0.1, 0.15) is 5.82 Å². The summed E-state index contributed by atoms with van der Waals surface area (Å²) >= 11 is 2.66. The van der Waals surface area contributed by atoms with E-state index in [1.165, 1.54) is 28.0 Å². The number of hydrogen-bond acceptors (Lipinski definition) is 8. The van der Waals surface area contributed by atoms with Crippen LogP contribution in [-0.2, 0) is 23.9 Å². The molecular weight excluding hydrogens is 412 g/mol. The molecule has 0 spiro atoms. The van der Waals surface area contributed by atoms with Gasteiger partial charge in [0, 0.05) is 4.88 Å². The lowest BCUT2D eigenvalue weighted by Gasteiger charge is -2.32. The monoisotopic (exact) mass is 436 g/mol. The van der Waals surface area contributed by atoms with Crippen molar-refractivity contribution in [2.75, 3.05) is 13.2 Å². The van der Waals surface area contributed by atoms with Gasteiger partial charge >= 0.3 is 11.9 Å². The van der Waals surface area contributed by atoms with E-state index < -0.39 is 23.1 Å². The fourth-order valence-electron chi connectivity index (χ4n) is 3.26. The number of nitrogens with two attached hydrogens (primary N) is 1. The van der Waals surface area contributed by atoms with Crippen molar-refractivity contribution in [1.29, 1.82) is 0 Å². The topological polar surface area (TPSA) is 98.9 Å². The molecule has 0 unspecified atom stereocenters. The van der Waals surface area contributed by atoms with Gasteiger partial charge < -0.3 is 15.2 Å². The van der Waals surface area contributed by atoms with Crippen LogP contribution < -0.4 is 5.73 Å². The van der Waals surface area contributed by atoms with E-state index in [1.54, 1.807) is 13.8 Å². The lowest BCUT2D eigenvalue weighted by Crippen LogP contribution is -2.40. The second kappa shape index (κ2) is 9.04. The average molecular weight is 437 g/mol. The van der Waals surface area contributed by atoms with E-state index in [0.29, 0.717) is 11.4 Å². The molecule has 2 aliphatic rings. The smallest absolute Gasteiger partial charge is 0.338 e. The third kappa shape index (κ3) is 3.93. The zero-order valence-corrected chi connectivity index (χ0v) is 18.2. The van der Waals surface area contributed by atoms with Gasteiger partial charge in [0.2, 0.25) is 5.91 Å². The highest BCUT2D eigenvalue weighted by Crippen LogP contribution is 2.50. The van der Waals surface area contributed by atoms with E-state index in [2.05, 4.69) is 0 Å². The standard InChI is InChI=1S/C20H24N2O5S2/c1-4-6-9-27-19(24)14-13(12-8-7-10-28-12)15(20(25)26-5-2)18-22(16(14)21)17(23)11(3)29-18/h7-8,10-11,13H,4-6,9,21H2,1-3H3/t11-,13-/m0/s1. The van der Waals surface area contributed by atoms with Gasteiger partial charge in [0.05, 0.1) is 40.6 Å². The fraction of sp³-hybridized carbons (Fsp3) is 0.450. The first-order valence-electron chi connectivity index (χ1n) is 9.54. The Morgan fingerprint density at radius 2 is 1.93 bits per heavy atom. The van der Waals surface area contributed by atoms with E-state index in [0.717, 1.165) is 11.3 Å². The number of unbranched alkanes of at least 4 members (excludes halogenated alkanes) is 1. The van der Waals surface area contributed by atoms with Crippen LogP contribution in [0.15, 0.2) is 39.5 Å². The van der Waals surface area contributed by atoms with Gasteiger partial charge in [0.15, 0.2) is 0 Å². The lowest BCUT2D eigenvalue weighted by atomic mass is 9.86. The van der Waals surface area contributed by atoms with Crippen molar-refractivity contribution >= 4 is 40.9 Å². The minimum atomic E-state index is -0.736. The van der Waals surface area contributed by atoms with Crippen molar-refractivity contribution in [1.82, 2.24) is 4.90 Å². The number of hydrogen-bond donors (Lipinski definition) is 1. The number of carbonyl (C=O) groups is 3. The van der Waals surface area contributed by atoms with Crippen LogP contribution in [0, 0.1) is 0 Å². The summed E-state index contributed by atoms with van der Waals surface area (Å²) in [5, 5.41) is 1.87. The third-order valence-corrected chi connectivity index (χ3v) is 6.78. The van der Waals surface area contributed by atoms with Gasteiger partial charge in [-0.15, -0.1) is 11.3 Å². The summed E-state index contributed by atoms with van der Waals surface area (Å²) in [5.74, 6) is -2.16. The molecule has 7 nitrogen and oxygen atoms in total. The van der Waals surface area contributed by atoms with Gasteiger partial charge in [-0.1, -0.05) is 31.2 Å². The predicted octanol–water partition coefficient (Wildman–Crippen LogP) is 3.10. The molecule has 3 heterocycles. The summed E-state index contributed by atoms with van der Waals surface area (Å²) in [6.07, 6.45) is 1.58. The van der Waals surface area contributed by atoms with Crippen molar-refractivity contribution in [2.45, 2.75) is 44.8 Å². The minimum Gasteiger partial charge on any atom is -0.463 e. The van der Waals surface area contributed by atoms with E-state index in [-0.39, 0.29) is 36.1 Å². The Labute approximate surface area is 177 Å². The fourth-order valence-corrected chi connectivity index (χ4v) is 5.27. The van der Waals surface area contributed by atoms with Crippen LogP contribution in [-0.4, -0.2) is 41.2 Å². The van der Waals surface area contributed by atoms with Crippen molar-refractivity contribution < 1.29 is 23.9 Å². The van der Waals surface area contributed by atoms with E-state index in [1.807, 2.05) is 24.4 Å². The number of carbonyl (C=O) groups excluding carboxylic acids is 3. The summed E-state index contributed by atoms with van der Waals surface area (Å²) in [4.78, 5) is 40.8. The molecule has 0 aromatic carbocycles. The average Bonchev–Trinajstić information content (AvgIpc) is 3.30. The number of ether oxygens (including phenoxy) is 2. The van der Waals surface area contributed by atoms with Gasteiger partial charge in [-0.2, -0.15) is 0 Å². The number of thiophene rings is 1. The Kier molecular flexibility index (Phi) is 6.69. The van der Waals surface area contributed by atoms with Crippen LogP contribution in [0.5, 0.6) is 0 Å². The molecule has 1 fully saturated rings. The molecule has 29 heavy (non-hydrogen) atoms. The summed E-state index contributed by atoms with van der Waals surface area (Å²) in [6.45, 7) is 5.87. The number of esters is 2. The summed E-state index contributed by atoms with van der Waals surface area (Å²) < 4.78 is 10.7. The molecule has 0 aliphatic carbocycles. The molecule has 3 rings (SSSR count). The SMILES string of the molecule is CCCCOC(=O)C1=C(N)N2C(=O)[C@H](C)SC2=C(C(=O)OCC)[C@H]1c1cccs1. The normalized spacial score (nSPS) is 21.5. The van der Waals surface area contributed by atoms with Crippen molar-refractivity contribution in [2.24, 2.45) is 5.73 Å². The third-order valence-electron chi connectivity index (χ3n) is 4.66. The van der Waals surface area contributed by atoms with Crippen LogP contribution in [0.25, 0.3) is 0 Å². The Balaban J connectivity index is 2.17. The molecule has 156 valence electrons. The van der Waals surface area contributed by atoms with Crippen LogP contribution >= 0.6 is 23.1 Å². The molecule has 1 saturated heterocycles. The first kappa shape index (κ1) is 21.4. The molecule has 2 atom stereocenters. The summed E-state index contributed by atoms with van der Waals surface area (Å²) in [7, 11) is 0. The van der Waals surface area contributed by atoms with Crippen molar-refractivity contribution in [3.05, 3.63) is 44.4 Å². The highest BCUT2D eigenvalue weighted by molar-refractivity contribution is 8.04. The van der Waals surface area contributed by atoms with E-state index in [9.17, 15) is 14.4 Å². The van der Waals surface area contributed by atoms with E-state index >= 15 is 0 Å². The number of amides is 1. The molecule has 2 N–H and O–H groups in total. The van der Waals surface area contributed by atoms with Crippen LogP contribution in [0.1, 0.15) is 44.4 Å². The first-order chi connectivity index (χ1) is 13.9. The van der Waals surface area contributed by atoms with Gasteiger partial charge in [-0.3, -0.25) is 9.69 Å². The van der Waals surface area contributed by atoms with Gasteiger partial charge in [0.25, 0.3) is 0 Å². The molecular formula is C20H24N2O5S2. The maximum Gasteiger partial charge on any atom is 0.338 e. The molecule has 0 bridgehead atoms. The molecule has 1 aromatic rings. The van der Waals surface area contributed by atoms with Crippen LogP contribution in [0.4, 0.5) is 0 Å². The first-order valence-corrected chi connectivity index (χ1v) is 11.3. The van der Waals surface area contributed by atoms with Gasteiger partial charge in [-0.05, 0) is 31.7 Å². The van der Waals surface area contributed by atoms with Crippen LogP contribution in [0.3, 0.4) is 0 Å². The second-order valence-corrected chi connectivity index (χ2v) is 8.92. The quantitative estimate of drug-likeness (QED) is 0.518. The summed E-state index contributed by atoms with van der Waals surface area (Å²) in [5.41, 5.74) is 6.71.